The third kappa shape index (κ3) is 4.45. The lowest BCUT2D eigenvalue weighted by Gasteiger charge is -2.36. The van der Waals surface area contributed by atoms with Gasteiger partial charge in [0, 0.05) is 37.6 Å². The molecule has 2 aromatic carbocycles. The highest BCUT2D eigenvalue weighted by molar-refractivity contribution is 6.02. The number of methoxy groups -OCH3 is 1. The largest absolute Gasteiger partial charge is 0.497 e. The molecule has 1 saturated heterocycles. The Morgan fingerprint density at radius 2 is 1.55 bits per heavy atom. The van der Waals surface area contributed by atoms with Crippen LogP contribution in [0.25, 0.3) is 0 Å². The summed E-state index contributed by atoms with van der Waals surface area (Å²) in [5.41, 5.74) is 2.22. The first kappa shape index (κ1) is 18.7. The van der Waals surface area contributed by atoms with Crippen LogP contribution >= 0.6 is 0 Å². The van der Waals surface area contributed by atoms with Crippen molar-refractivity contribution in [1.29, 1.82) is 0 Å². The van der Waals surface area contributed by atoms with Gasteiger partial charge in [0.15, 0.2) is 11.5 Å². The van der Waals surface area contributed by atoms with Crippen molar-refractivity contribution in [1.82, 2.24) is 10.2 Å². The normalized spacial score (nSPS) is 13.8. The summed E-state index contributed by atoms with van der Waals surface area (Å²) in [4.78, 5) is 16.8. The van der Waals surface area contributed by atoms with Gasteiger partial charge in [-0.15, -0.1) is 10.2 Å². The number of para-hydroxylation sites is 1. The maximum absolute atomic E-state index is 12.3. The number of carbonyl (C=O) groups is 1. The van der Waals surface area contributed by atoms with Gasteiger partial charge in [0.1, 0.15) is 5.75 Å². The molecular formula is C22H23N5O2. The van der Waals surface area contributed by atoms with Crippen molar-refractivity contribution in [3.8, 4) is 5.75 Å². The van der Waals surface area contributed by atoms with E-state index < -0.39 is 0 Å². The van der Waals surface area contributed by atoms with Crippen molar-refractivity contribution >= 4 is 23.1 Å². The second kappa shape index (κ2) is 8.60. The molecule has 29 heavy (non-hydrogen) atoms. The van der Waals surface area contributed by atoms with E-state index >= 15 is 0 Å². The zero-order chi connectivity index (χ0) is 20.1. The molecule has 1 aliphatic heterocycles. The van der Waals surface area contributed by atoms with Gasteiger partial charge in [0.05, 0.1) is 7.11 Å². The summed E-state index contributed by atoms with van der Waals surface area (Å²) in [6.07, 6.45) is 0. The lowest BCUT2D eigenvalue weighted by molar-refractivity contribution is 0.102. The Balaban J connectivity index is 1.34. The lowest BCUT2D eigenvalue weighted by atomic mass is 10.2. The molecule has 1 amide bonds. The zero-order valence-corrected chi connectivity index (χ0v) is 16.3. The van der Waals surface area contributed by atoms with Crippen molar-refractivity contribution < 1.29 is 9.53 Å². The number of ether oxygens (including phenoxy) is 1. The molecule has 0 spiro atoms. The number of carbonyl (C=O) groups excluding carboxylic acids is 1. The first-order chi connectivity index (χ1) is 14.2. The van der Waals surface area contributed by atoms with Gasteiger partial charge in [0.25, 0.3) is 5.91 Å². The highest BCUT2D eigenvalue weighted by atomic mass is 16.5. The molecule has 0 radical (unpaired) electrons. The summed E-state index contributed by atoms with van der Waals surface area (Å²) in [6, 6.07) is 21.0. The fraction of sp³-hybridized carbons (Fsp3) is 0.227. The standard InChI is InChI=1S/C22H23N5O2/c1-29-19-9-7-18(8-10-19)26-13-15-27(16-14-26)21-12-11-20(24-25-21)22(28)23-17-5-3-2-4-6-17/h2-12H,13-16H2,1H3,(H,23,28). The number of piperazine rings is 1. The number of amides is 1. The van der Waals surface area contributed by atoms with Crippen molar-refractivity contribution in [2.24, 2.45) is 0 Å². The smallest absolute Gasteiger partial charge is 0.276 e. The van der Waals surface area contributed by atoms with Crippen LogP contribution in [0, 0.1) is 0 Å². The topological polar surface area (TPSA) is 70.6 Å². The van der Waals surface area contributed by atoms with Crippen LogP contribution < -0.4 is 19.9 Å². The van der Waals surface area contributed by atoms with Crippen LogP contribution in [-0.2, 0) is 0 Å². The fourth-order valence-electron chi connectivity index (χ4n) is 3.32. The van der Waals surface area contributed by atoms with E-state index in [1.807, 2.05) is 48.5 Å². The van der Waals surface area contributed by atoms with Crippen LogP contribution in [-0.4, -0.2) is 49.4 Å². The molecule has 2 heterocycles. The van der Waals surface area contributed by atoms with Gasteiger partial charge in [-0.2, -0.15) is 0 Å². The summed E-state index contributed by atoms with van der Waals surface area (Å²) in [5, 5.41) is 11.2. The highest BCUT2D eigenvalue weighted by Crippen LogP contribution is 2.22. The molecule has 0 bridgehead atoms. The molecule has 1 N–H and O–H groups in total. The van der Waals surface area contributed by atoms with Crippen LogP contribution in [0.2, 0.25) is 0 Å². The first-order valence-corrected chi connectivity index (χ1v) is 9.57. The quantitative estimate of drug-likeness (QED) is 0.723. The Morgan fingerprint density at radius 3 is 2.17 bits per heavy atom. The van der Waals surface area contributed by atoms with E-state index in [9.17, 15) is 4.79 Å². The average molecular weight is 389 g/mol. The molecule has 3 aromatic rings. The molecule has 1 fully saturated rings. The molecule has 1 aliphatic rings. The Kier molecular flexibility index (Phi) is 5.56. The van der Waals surface area contributed by atoms with Crippen LogP contribution in [0.5, 0.6) is 5.75 Å². The summed E-state index contributed by atoms with van der Waals surface area (Å²) in [5.74, 6) is 1.38. The number of anilines is 3. The van der Waals surface area contributed by atoms with Crippen LogP contribution in [0.1, 0.15) is 10.5 Å². The molecular weight excluding hydrogens is 366 g/mol. The number of hydrogen-bond donors (Lipinski definition) is 1. The minimum Gasteiger partial charge on any atom is -0.497 e. The van der Waals surface area contributed by atoms with E-state index in [2.05, 4.69) is 37.4 Å². The number of benzene rings is 2. The number of rotatable bonds is 5. The molecule has 7 nitrogen and oxygen atoms in total. The number of nitrogens with zero attached hydrogens (tertiary/aromatic N) is 4. The molecule has 1 aromatic heterocycles. The molecule has 0 unspecified atom stereocenters. The maximum Gasteiger partial charge on any atom is 0.276 e. The van der Waals surface area contributed by atoms with Crippen molar-refractivity contribution in [2.45, 2.75) is 0 Å². The SMILES string of the molecule is COc1ccc(N2CCN(c3ccc(C(=O)Nc4ccccc4)nn3)CC2)cc1. The van der Waals surface area contributed by atoms with Gasteiger partial charge in [-0.05, 0) is 48.5 Å². The van der Waals surface area contributed by atoms with E-state index in [1.54, 1.807) is 13.2 Å². The van der Waals surface area contributed by atoms with Crippen molar-refractivity contribution in [3.63, 3.8) is 0 Å². The van der Waals surface area contributed by atoms with Gasteiger partial charge >= 0.3 is 0 Å². The maximum atomic E-state index is 12.3. The Bertz CT molecular complexity index is 937. The van der Waals surface area contributed by atoms with Crippen molar-refractivity contribution in [2.75, 3.05) is 48.4 Å². The molecule has 7 heteroatoms. The van der Waals surface area contributed by atoms with Gasteiger partial charge in [-0.25, -0.2) is 0 Å². The van der Waals surface area contributed by atoms with Crippen LogP contribution in [0.4, 0.5) is 17.2 Å². The number of nitrogens with one attached hydrogen (secondary N) is 1. The Labute approximate surface area is 169 Å². The summed E-state index contributed by atoms with van der Waals surface area (Å²) < 4.78 is 5.22. The minimum absolute atomic E-state index is 0.264. The molecule has 4 rings (SSSR count). The van der Waals surface area contributed by atoms with Crippen molar-refractivity contribution in [3.05, 3.63) is 72.4 Å². The zero-order valence-electron chi connectivity index (χ0n) is 16.3. The molecule has 0 atom stereocenters. The average Bonchev–Trinajstić information content (AvgIpc) is 2.80. The van der Waals surface area contributed by atoms with E-state index in [0.717, 1.165) is 43.4 Å². The van der Waals surface area contributed by atoms with Crippen LogP contribution in [0.15, 0.2) is 66.7 Å². The third-order valence-corrected chi connectivity index (χ3v) is 4.96. The minimum atomic E-state index is -0.264. The third-order valence-electron chi connectivity index (χ3n) is 4.96. The number of aromatic nitrogens is 2. The second-order valence-electron chi connectivity index (χ2n) is 6.77. The van der Waals surface area contributed by atoms with E-state index in [-0.39, 0.29) is 5.91 Å². The molecule has 0 saturated carbocycles. The van der Waals surface area contributed by atoms with E-state index in [1.165, 1.54) is 5.69 Å². The summed E-state index contributed by atoms with van der Waals surface area (Å²) in [7, 11) is 1.67. The summed E-state index contributed by atoms with van der Waals surface area (Å²) in [6.45, 7) is 3.47. The lowest BCUT2D eigenvalue weighted by Crippen LogP contribution is -2.46. The molecule has 0 aliphatic carbocycles. The van der Waals surface area contributed by atoms with Gasteiger partial charge in [-0.3, -0.25) is 4.79 Å². The molecule has 148 valence electrons. The van der Waals surface area contributed by atoms with Crippen LogP contribution in [0.3, 0.4) is 0 Å². The van der Waals surface area contributed by atoms with Gasteiger partial charge < -0.3 is 19.9 Å². The Hall–Kier alpha value is -3.61. The predicted molar refractivity (Wildman–Crippen MR) is 114 cm³/mol. The van der Waals surface area contributed by atoms with E-state index in [0.29, 0.717) is 5.69 Å². The highest BCUT2D eigenvalue weighted by Gasteiger charge is 2.19. The monoisotopic (exact) mass is 389 g/mol. The predicted octanol–water partition coefficient (Wildman–Crippen LogP) is 3.06. The summed E-state index contributed by atoms with van der Waals surface area (Å²) >= 11 is 0. The first-order valence-electron chi connectivity index (χ1n) is 9.57. The Morgan fingerprint density at radius 1 is 0.862 bits per heavy atom. The fourth-order valence-corrected chi connectivity index (χ4v) is 3.32. The van der Waals surface area contributed by atoms with E-state index in [4.69, 9.17) is 4.74 Å². The van der Waals surface area contributed by atoms with Gasteiger partial charge in [-0.1, -0.05) is 18.2 Å². The van der Waals surface area contributed by atoms with Gasteiger partial charge in [0.2, 0.25) is 0 Å². The second-order valence-corrected chi connectivity index (χ2v) is 6.77. The number of hydrogen-bond acceptors (Lipinski definition) is 6.